The van der Waals surface area contributed by atoms with E-state index < -0.39 is 32.6 Å². The molecule has 1 atom stereocenters. The molecule has 0 spiro atoms. The Kier molecular flexibility index (Phi) is 4.58. The van der Waals surface area contributed by atoms with Crippen LogP contribution in [-0.2, 0) is 14.8 Å². The number of carbonyl (C=O) groups is 1. The second-order valence-electron chi connectivity index (χ2n) is 4.95. The Labute approximate surface area is 122 Å². The highest BCUT2D eigenvalue weighted by Crippen LogP contribution is 2.17. The van der Waals surface area contributed by atoms with Gasteiger partial charge in [0.25, 0.3) is 0 Å². The van der Waals surface area contributed by atoms with Crippen molar-refractivity contribution in [3.63, 3.8) is 0 Å². The summed E-state index contributed by atoms with van der Waals surface area (Å²) in [5, 5.41) is 0. The van der Waals surface area contributed by atoms with Crippen LogP contribution in [0.25, 0.3) is 0 Å². The van der Waals surface area contributed by atoms with Crippen LogP contribution in [0.3, 0.4) is 0 Å². The van der Waals surface area contributed by atoms with E-state index in [1.54, 1.807) is 4.90 Å². The van der Waals surface area contributed by atoms with Crippen LogP contribution < -0.4 is 4.72 Å². The minimum absolute atomic E-state index is 0.368. The van der Waals surface area contributed by atoms with E-state index in [2.05, 4.69) is 4.72 Å². The van der Waals surface area contributed by atoms with Crippen LogP contribution in [0.4, 0.5) is 8.78 Å². The molecule has 2 rings (SSSR count). The van der Waals surface area contributed by atoms with E-state index >= 15 is 0 Å². The van der Waals surface area contributed by atoms with Crippen molar-refractivity contribution in [1.29, 1.82) is 0 Å². The summed E-state index contributed by atoms with van der Waals surface area (Å²) in [4.78, 5) is 12.8. The number of rotatable bonds is 4. The van der Waals surface area contributed by atoms with E-state index in [-0.39, 0.29) is 5.91 Å². The molecular formula is C13H16F2N2O3S. The normalized spacial score (nSPS) is 17.0. The SMILES string of the molecule is C[C@@H](NS(=O)(=O)c1cc(F)ccc1F)C(=O)N1CCCC1. The van der Waals surface area contributed by atoms with Crippen LogP contribution in [0.1, 0.15) is 19.8 Å². The molecule has 0 saturated carbocycles. The van der Waals surface area contributed by atoms with Crippen LogP contribution in [-0.4, -0.2) is 38.4 Å². The second-order valence-corrected chi connectivity index (χ2v) is 6.63. The van der Waals surface area contributed by atoms with Gasteiger partial charge in [0.05, 0.1) is 6.04 Å². The number of carbonyl (C=O) groups excluding carboxylic acids is 1. The first kappa shape index (κ1) is 15.8. The van der Waals surface area contributed by atoms with Crippen LogP contribution in [0.15, 0.2) is 23.1 Å². The van der Waals surface area contributed by atoms with E-state index in [1.165, 1.54) is 6.92 Å². The number of benzene rings is 1. The lowest BCUT2D eigenvalue weighted by Crippen LogP contribution is -2.46. The van der Waals surface area contributed by atoms with Gasteiger partial charge in [-0.3, -0.25) is 4.79 Å². The summed E-state index contributed by atoms with van der Waals surface area (Å²) < 4.78 is 52.8. The van der Waals surface area contributed by atoms with Gasteiger partial charge in [-0.1, -0.05) is 0 Å². The number of hydrogen-bond donors (Lipinski definition) is 1. The Morgan fingerprint density at radius 3 is 2.52 bits per heavy atom. The van der Waals surface area contributed by atoms with E-state index in [4.69, 9.17) is 0 Å². The van der Waals surface area contributed by atoms with Gasteiger partial charge in [-0.25, -0.2) is 17.2 Å². The number of nitrogens with zero attached hydrogens (tertiary/aromatic N) is 1. The zero-order valence-electron chi connectivity index (χ0n) is 11.5. The summed E-state index contributed by atoms with van der Waals surface area (Å²) in [6, 6.07) is 1.12. The molecule has 0 unspecified atom stereocenters. The third-order valence-electron chi connectivity index (χ3n) is 3.30. The number of halogens is 2. The summed E-state index contributed by atoms with van der Waals surface area (Å²) in [5.74, 6) is -2.30. The second kappa shape index (κ2) is 6.07. The Balaban J connectivity index is 2.16. The minimum Gasteiger partial charge on any atom is -0.341 e. The quantitative estimate of drug-likeness (QED) is 0.909. The summed E-state index contributed by atoms with van der Waals surface area (Å²) in [5.41, 5.74) is 0. The first-order chi connectivity index (χ1) is 9.81. The van der Waals surface area contributed by atoms with E-state index in [0.29, 0.717) is 19.2 Å². The lowest BCUT2D eigenvalue weighted by atomic mass is 10.3. The van der Waals surface area contributed by atoms with Gasteiger partial charge in [0.2, 0.25) is 15.9 Å². The summed E-state index contributed by atoms with van der Waals surface area (Å²) in [6.45, 7) is 2.55. The molecule has 5 nitrogen and oxygen atoms in total. The summed E-state index contributed by atoms with van der Waals surface area (Å²) in [6.07, 6.45) is 1.76. The van der Waals surface area contributed by atoms with Crippen molar-refractivity contribution in [2.75, 3.05) is 13.1 Å². The van der Waals surface area contributed by atoms with Gasteiger partial charge in [0, 0.05) is 13.1 Å². The first-order valence-electron chi connectivity index (χ1n) is 6.57. The van der Waals surface area contributed by atoms with Crippen molar-refractivity contribution in [3.05, 3.63) is 29.8 Å². The average molecular weight is 318 g/mol. The molecular weight excluding hydrogens is 302 g/mol. The highest BCUT2D eigenvalue weighted by atomic mass is 32.2. The molecule has 1 aromatic rings. The minimum atomic E-state index is -4.30. The number of amides is 1. The fraction of sp³-hybridized carbons (Fsp3) is 0.462. The summed E-state index contributed by atoms with van der Waals surface area (Å²) >= 11 is 0. The predicted octanol–water partition coefficient (Wildman–Crippen LogP) is 1.25. The molecule has 1 heterocycles. The molecule has 1 aromatic carbocycles. The van der Waals surface area contributed by atoms with Crippen molar-refractivity contribution in [1.82, 2.24) is 9.62 Å². The third-order valence-corrected chi connectivity index (χ3v) is 4.86. The Bertz CT molecular complexity index is 643. The smallest absolute Gasteiger partial charge is 0.244 e. The fourth-order valence-electron chi connectivity index (χ4n) is 2.24. The number of hydrogen-bond acceptors (Lipinski definition) is 3. The highest BCUT2D eigenvalue weighted by molar-refractivity contribution is 7.89. The van der Waals surface area contributed by atoms with Gasteiger partial charge < -0.3 is 4.90 Å². The molecule has 0 radical (unpaired) electrons. The van der Waals surface area contributed by atoms with Gasteiger partial charge in [0.1, 0.15) is 16.5 Å². The number of sulfonamides is 1. The van der Waals surface area contributed by atoms with Crippen molar-refractivity contribution in [2.24, 2.45) is 0 Å². The Morgan fingerprint density at radius 1 is 1.29 bits per heavy atom. The molecule has 1 amide bonds. The molecule has 1 saturated heterocycles. The lowest BCUT2D eigenvalue weighted by Gasteiger charge is -2.21. The lowest BCUT2D eigenvalue weighted by molar-refractivity contribution is -0.131. The molecule has 0 aliphatic carbocycles. The zero-order chi connectivity index (χ0) is 15.6. The van der Waals surface area contributed by atoms with E-state index in [9.17, 15) is 22.0 Å². The monoisotopic (exact) mass is 318 g/mol. The number of nitrogens with one attached hydrogen (secondary N) is 1. The standard InChI is InChI=1S/C13H16F2N2O3S/c1-9(13(18)17-6-2-3-7-17)16-21(19,20)12-8-10(14)4-5-11(12)15/h4-5,8-9,16H,2-3,6-7H2,1H3/t9-/m1/s1. The summed E-state index contributed by atoms with van der Waals surface area (Å²) in [7, 11) is -4.30. The Hall–Kier alpha value is -1.54. The van der Waals surface area contributed by atoms with Crippen LogP contribution in [0, 0.1) is 11.6 Å². The van der Waals surface area contributed by atoms with Crippen LogP contribution >= 0.6 is 0 Å². The molecule has 1 aliphatic heterocycles. The molecule has 21 heavy (non-hydrogen) atoms. The van der Waals surface area contributed by atoms with Gasteiger partial charge in [0.15, 0.2) is 0 Å². The average Bonchev–Trinajstić information content (AvgIpc) is 2.94. The molecule has 8 heteroatoms. The van der Waals surface area contributed by atoms with Crippen molar-refractivity contribution in [3.8, 4) is 0 Å². The van der Waals surface area contributed by atoms with E-state index in [0.717, 1.165) is 25.0 Å². The first-order valence-corrected chi connectivity index (χ1v) is 8.06. The molecule has 0 bridgehead atoms. The Morgan fingerprint density at radius 2 is 1.90 bits per heavy atom. The van der Waals surface area contributed by atoms with Gasteiger partial charge >= 0.3 is 0 Å². The maximum Gasteiger partial charge on any atom is 0.244 e. The van der Waals surface area contributed by atoms with Crippen molar-refractivity contribution < 1.29 is 22.0 Å². The molecule has 1 aliphatic rings. The molecule has 1 N–H and O–H groups in total. The van der Waals surface area contributed by atoms with Crippen molar-refractivity contribution >= 4 is 15.9 Å². The van der Waals surface area contributed by atoms with Crippen molar-refractivity contribution in [2.45, 2.75) is 30.7 Å². The topological polar surface area (TPSA) is 66.5 Å². The zero-order valence-corrected chi connectivity index (χ0v) is 12.3. The largest absolute Gasteiger partial charge is 0.341 e. The maximum absolute atomic E-state index is 13.5. The van der Waals surface area contributed by atoms with Crippen LogP contribution in [0.2, 0.25) is 0 Å². The third kappa shape index (κ3) is 3.56. The fourth-order valence-corrected chi connectivity index (χ4v) is 3.53. The highest BCUT2D eigenvalue weighted by Gasteiger charge is 2.28. The van der Waals surface area contributed by atoms with Gasteiger partial charge in [-0.2, -0.15) is 4.72 Å². The molecule has 1 fully saturated rings. The van der Waals surface area contributed by atoms with Crippen LogP contribution in [0.5, 0.6) is 0 Å². The number of likely N-dealkylation sites (tertiary alicyclic amines) is 1. The van der Waals surface area contributed by atoms with Gasteiger partial charge in [-0.15, -0.1) is 0 Å². The predicted molar refractivity (Wildman–Crippen MR) is 72.0 cm³/mol. The van der Waals surface area contributed by atoms with Gasteiger partial charge in [-0.05, 0) is 38.0 Å². The van der Waals surface area contributed by atoms with E-state index in [1.807, 2.05) is 0 Å². The molecule has 0 aromatic heterocycles. The maximum atomic E-state index is 13.5. The molecule has 116 valence electrons.